The van der Waals surface area contributed by atoms with Crippen LogP contribution in [0.25, 0.3) is 16.8 Å². The van der Waals surface area contributed by atoms with Crippen LogP contribution in [-0.4, -0.2) is 23.9 Å². The minimum Gasteiger partial charge on any atom is -0.493 e. The van der Waals surface area contributed by atoms with Gasteiger partial charge < -0.3 is 14.8 Å². The molecule has 0 aliphatic carbocycles. The molecule has 7 heteroatoms. The maximum absolute atomic E-state index is 12.9. The number of benzene rings is 4. The fourth-order valence-electron chi connectivity index (χ4n) is 4.14. The molecule has 1 fully saturated rings. The largest absolute Gasteiger partial charge is 0.493 e. The molecule has 180 valence electrons. The van der Waals surface area contributed by atoms with Crippen molar-refractivity contribution in [2.45, 2.75) is 13.2 Å². The lowest BCUT2D eigenvalue weighted by molar-refractivity contribution is -0.123. The molecule has 3 amide bonds. The molecule has 4 aromatic carbocycles. The lowest BCUT2D eigenvalue weighted by Crippen LogP contribution is -2.30. The Morgan fingerprint density at radius 3 is 2.47 bits per heavy atom. The Bertz CT molecular complexity index is 1480. The summed E-state index contributed by atoms with van der Waals surface area (Å²) in [6, 6.07) is 26.8. The van der Waals surface area contributed by atoms with Crippen LogP contribution in [0.4, 0.5) is 4.79 Å². The first kappa shape index (κ1) is 23.6. The van der Waals surface area contributed by atoms with Gasteiger partial charge in [0.25, 0.3) is 5.91 Å². The predicted octanol–water partition coefficient (Wildman–Crippen LogP) is 6.28. The number of halogens is 1. The molecular weight excluding hydrogens is 520 g/mol. The first-order valence-corrected chi connectivity index (χ1v) is 12.2. The number of amides is 3. The van der Waals surface area contributed by atoms with Crippen molar-refractivity contribution in [3.05, 3.63) is 112 Å². The molecule has 1 aliphatic rings. The van der Waals surface area contributed by atoms with Crippen LogP contribution in [0.2, 0.25) is 0 Å². The third-order valence-electron chi connectivity index (χ3n) is 5.99. The van der Waals surface area contributed by atoms with Crippen LogP contribution in [-0.2, 0) is 17.9 Å². The second-order valence-electron chi connectivity index (χ2n) is 8.32. The normalized spacial score (nSPS) is 14.4. The summed E-state index contributed by atoms with van der Waals surface area (Å²) < 4.78 is 12.4. The first-order valence-electron chi connectivity index (χ1n) is 11.4. The number of ether oxygens (including phenoxy) is 2. The summed E-state index contributed by atoms with van der Waals surface area (Å²) in [5.74, 6) is 0.696. The average molecular weight is 543 g/mol. The van der Waals surface area contributed by atoms with Crippen molar-refractivity contribution < 1.29 is 19.1 Å². The van der Waals surface area contributed by atoms with Gasteiger partial charge in [0.15, 0.2) is 11.5 Å². The zero-order valence-electron chi connectivity index (χ0n) is 19.5. The Balaban J connectivity index is 1.37. The molecule has 0 radical (unpaired) electrons. The van der Waals surface area contributed by atoms with Gasteiger partial charge in [0.2, 0.25) is 0 Å². The number of urea groups is 1. The molecule has 0 aromatic heterocycles. The Labute approximate surface area is 217 Å². The molecule has 1 N–H and O–H groups in total. The van der Waals surface area contributed by atoms with Gasteiger partial charge in [-0.15, -0.1) is 0 Å². The molecule has 0 spiro atoms. The van der Waals surface area contributed by atoms with E-state index in [4.69, 9.17) is 9.47 Å². The van der Waals surface area contributed by atoms with E-state index < -0.39 is 6.03 Å². The van der Waals surface area contributed by atoms with E-state index in [1.807, 2.05) is 54.6 Å². The van der Waals surface area contributed by atoms with E-state index in [9.17, 15) is 9.59 Å². The van der Waals surface area contributed by atoms with E-state index in [1.165, 1.54) is 4.90 Å². The van der Waals surface area contributed by atoms with E-state index in [2.05, 4.69) is 39.4 Å². The number of hydrogen-bond donors (Lipinski definition) is 1. The van der Waals surface area contributed by atoms with Crippen molar-refractivity contribution in [3.63, 3.8) is 0 Å². The van der Waals surface area contributed by atoms with E-state index in [1.54, 1.807) is 25.3 Å². The summed E-state index contributed by atoms with van der Waals surface area (Å²) in [4.78, 5) is 26.6. The molecule has 1 saturated heterocycles. The minimum atomic E-state index is -0.451. The Morgan fingerprint density at radius 1 is 0.917 bits per heavy atom. The number of carbonyl (C=O) groups is 2. The third-order valence-corrected chi connectivity index (χ3v) is 6.68. The van der Waals surface area contributed by atoms with Gasteiger partial charge in [0.05, 0.1) is 13.7 Å². The van der Waals surface area contributed by atoms with Crippen molar-refractivity contribution in [2.75, 3.05) is 7.11 Å². The minimum absolute atomic E-state index is 0.197. The van der Waals surface area contributed by atoms with Gasteiger partial charge in [-0.05, 0) is 45.7 Å². The molecule has 4 aromatic rings. The highest BCUT2D eigenvalue weighted by molar-refractivity contribution is 9.10. The van der Waals surface area contributed by atoms with Gasteiger partial charge >= 0.3 is 6.03 Å². The molecule has 6 nitrogen and oxygen atoms in total. The van der Waals surface area contributed by atoms with Gasteiger partial charge in [-0.25, -0.2) is 4.79 Å². The number of hydrogen-bond acceptors (Lipinski definition) is 4. The Morgan fingerprint density at radius 2 is 1.67 bits per heavy atom. The standard InChI is InChI=1S/C29H23BrN2O4/c1-35-26-15-22(14-25-28(33)32(29(34)31-25)17-19-8-3-2-4-9-19)24(30)16-27(26)36-18-21-12-7-11-20-10-5-6-13-23(20)21/h2-16H,17-18H2,1H3,(H,31,34)/b25-14+. The second kappa shape index (κ2) is 10.3. The van der Waals surface area contributed by atoms with Crippen LogP contribution >= 0.6 is 15.9 Å². The average Bonchev–Trinajstić information content (AvgIpc) is 3.16. The zero-order chi connectivity index (χ0) is 25.1. The summed E-state index contributed by atoms with van der Waals surface area (Å²) in [6.07, 6.45) is 1.63. The van der Waals surface area contributed by atoms with Crippen LogP contribution in [0.3, 0.4) is 0 Å². The molecule has 0 unspecified atom stereocenters. The van der Waals surface area contributed by atoms with Crippen molar-refractivity contribution in [2.24, 2.45) is 0 Å². The van der Waals surface area contributed by atoms with E-state index >= 15 is 0 Å². The lowest BCUT2D eigenvalue weighted by Gasteiger charge is -2.14. The summed E-state index contributed by atoms with van der Waals surface area (Å²) in [7, 11) is 1.56. The van der Waals surface area contributed by atoms with Crippen LogP contribution in [0.15, 0.2) is 95.1 Å². The maximum Gasteiger partial charge on any atom is 0.329 e. The van der Waals surface area contributed by atoms with E-state index in [0.29, 0.717) is 28.1 Å². The highest BCUT2D eigenvalue weighted by atomic mass is 79.9. The molecular formula is C29H23BrN2O4. The van der Waals surface area contributed by atoms with Crippen molar-refractivity contribution >= 4 is 44.7 Å². The van der Waals surface area contributed by atoms with E-state index in [0.717, 1.165) is 21.9 Å². The topological polar surface area (TPSA) is 67.9 Å². The van der Waals surface area contributed by atoms with Gasteiger partial charge in [-0.1, -0.05) is 88.7 Å². The Hall–Kier alpha value is -4.10. The van der Waals surface area contributed by atoms with Crippen LogP contribution in [0, 0.1) is 0 Å². The first-order chi connectivity index (χ1) is 17.5. The number of fused-ring (bicyclic) bond motifs is 1. The molecule has 0 bridgehead atoms. The van der Waals surface area contributed by atoms with Gasteiger partial charge in [0, 0.05) is 4.47 Å². The summed E-state index contributed by atoms with van der Waals surface area (Å²) in [5.41, 5.74) is 2.81. The number of imide groups is 1. The number of nitrogens with zero attached hydrogens (tertiary/aromatic N) is 1. The fourth-order valence-corrected chi connectivity index (χ4v) is 4.58. The van der Waals surface area contributed by atoms with Gasteiger partial charge in [-0.2, -0.15) is 0 Å². The van der Waals surface area contributed by atoms with Crippen LogP contribution in [0.5, 0.6) is 11.5 Å². The number of methoxy groups -OCH3 is 1. The second-order valence-corrected chi connectivity index (χ2v) is 9.17. The summed E-state index contributed by atoms with van der Waals surface area (Å²) in [6.45, 7) is 0.571. The lowest BCUT2D eigenvalue weighted by atomic mass is 10.1. The van der Waals surface area contributed by atoms with Crippen molar-refractivity contribution in [3.8, 4) is 11.5 Å². The number of nitrogens with one attached hydrogen (secondary N) is 1. The highest BCUT2D eigenvalue weighted by Crippen LogP contribution is 2.36. The fraction of sp³-hybridized carbons (Fsp3) is 0.103. The molecule has 1 aliphatic heterocycles. The molecule has 1 heterocycles. The quantitative estimate of drug-likeness (QED) is 0.220. The zero-order valence-corrected chi connectivity index (χ0v) is 21.1. The predicted molar refractivity (Wildman–Crippen MR) is 142 cm³/mol. The van der Waals surface area contributed by atoms with Crippen molar-refractivity contribution in [1.82, 2.24) is 10.2 Å². The summed E-state index contributed by atoms with van der Waals surface area (Å²) >= 11 is 3.57. The van der Waals surface area contributed by atoms with Crippen LogP contribution < -0.4 is 14.8 Å². The monoisotopic (exact) mass is 542 g/mol. The smallest absolute Gasteiger partial charge is 0.329 e. The highest BCUT2D eigenvalue weighted by Gasteiger charge is 2.33. The molecule has 5 rings (SSSR count). The van der Waals surface area contributed by atoms with Crippen LogP contribution in [0.1, 0.15) is 16.7 Å². The van der Waals surface area contributed by atoms with Gasteiger partial charge in [-0.3, -0.25) is 9.69 Å². The van der Waals surface area contributed by atoms with E-state index in [-0.39, 0.29) is 18.1 Å². The summed E-state index contributed by atoms with van der Waals surface area (Å²) in [5, 5.41) is 4.96. The molecule has 36 heavy (non-hydrogen) atoms. The third kappa shape index (κ3) is 4.83. The maximum atomic E-state index is 12.9. The molecule has 0 atom stereocenters. The van der Waals surface area contributed by atoms with Crippen molar-refractivity contribution in [1.29, 1.82) is 0 Å². The number of rotatable bonds is 7. The number of carbonyl (C=O) groups excluding carboxylic acids is 2. The molecule has 0 saturated carbocycles. The Kier molecular flexibility index (Phi) is 6.73. The SMILES string of the molecule is COc1cc(/C=C2/NC(=O)N(Cc3ccccc3)C2=O)c(Br)cc1OCc1cccc2ccccc12. The van der Waals surface area contributed by atoms with Gasteiger partial charge in [0.1, 0.15) is 12.3 Å².